The van der Waals surface area contributed by atoms with E-state index < -0.39 is 10.0 Å². The van der Waals surface area contributed by atoms with Gasteiger partial charge in [0.15, 0.2) is 0 Å². The zero-order valence-corrected chi connectivity index (χ0v) is 15.9. The Kier molecular flexibility index (Phi) is 4.54. The molecule has 0 radical (unpaired) electrons. The summed E-state index contributed by atoms with van der Waals surface area (Å²) < 4.78 is 27.8. The fourth-order valence-corrected chi connectivity index (χ4v) is 6.23. The first-order chi connectivity index (χ1) is 12.4. The lowest BCUT2D eigenvalue weighted by molar-refractivity contribution is 0.102. The lowest BCUT2D eigenvalue weighted by Crippen LogP contribution is -2.38. The lowest BCUT2D eigenvalue weighted by atomic mass is 9.96. The molecule has 2 bridgehead atoms. The number of sulfonamides is 1. The predicted molar refractivity (Wildman–Crippen MR) is 98.6 cm³/mol. The average molecular weight is 393 g/mol. The SMILES string of the molecule is Cc1ccccc1C(=O)Nc1nnc(S(=O)(=O)N[C@H]2C[C@H]3CC[C@H]2C3)s1. The van der Waals surface area contributed by atoms with Gasteiger partial charge in [0, 0.05) is 11.6 Å². The highest BCUT2D eigenvalue weighted by molar-refractivity contribution is 7.91. The molecule has 2 aliphatic carbocycles. The number of benzene rings is 1. The smallest absolute Gasteiger partial charge is 0.270 e. The number of carbonyl (C=O) groups is 1. The highest BCUT2D eigenvalue weighted by Crippen LogP contribution is 2.44. The summed E-state index contributed by atoms with van der Waals surface area (Å²) in [6, 6.07) is 7.16. The van der Waals surface area contributed by atoms with Crippen LogP contribution in [0, 0.1) is 18.8 Å². The number of anilines is 1. The number of aryl methyl sites for hydroxylation is 1. The molecule has 138 valence electrons. The molecule has 3 atom stereocenters. The molecule has 1 amide bonds. The second-order valence-corrected chi connectivity index (χ2v) is 9.91. The van der Waals surface area contributed by atoms with Crippen LogP contribution in [0.1, 0.15) is 41.6 Å². The third-order valence-corrected chi connectivity index (χ3v) is 7.99. The summed E-state index contributed by atoms with van der Waals surface area (Å²) >= 11 is 0.867. The molecule has 2 fully saturated rings. The summed E-state index contributed by atoms with van der Waals surface area (Å²) in [5.41, 5.74) is 1.35. The van der Waals surface area contributed by atoms with Crippen molar-refractivity contribution in [2.75, 3.05) is 5.32 Å². The van der Waals surface area contributed by atoms with E-state index in [1.54, 1.807) is 12.1 Å². The number of nitrogens with one attached hydrogen (secondary N) is 2. The highest BCUT2D eigenvalue weighted by Gasteiger charge is 2.41. The summed E-state index contributed by atoms with van der Waals surface area (Å²) in [6.45, 7) is 1.84. The molecule has 1 aromatic heterocycles. The van der Waals surface area contributed by atoms with Gasteiger partial charge in [-0.05, 0) is 49.7 Å². The Bertz CT molecular complexity index is 941. The minimum Gasteiger partial charge on any atom is -0.296 e. The van der Waals surface area contributed by atoms with Gasteiger partial charge in [0.2, 0.25) is 9.47 Å². The molecule has 4 rings (SSSR count). The molecule has 0 unspecified atom stereocenters. The zero-order chi connectivity index (χ0) is 18.3. The predicted octanol–water partition coefficient (Wildman–Crippen LogP) is 2.57. The molecule has 2 aromatic rings. The maximum absolute atomic E-state index is 12.6. The van der Waals surface area contributed by atoms with Crippen LogP contribution in [0.25, 0.3) is 0 Å². The van der Waals surface area contributed by atoms with Gasteiger partial charge in [0.25, 0.3) is 15.9 Å². The van der Waals surface area contributed by atoms with Crippen molar-refractivity contribution in [3.05, 3.63) is 35.4 Å². The second kappa shape index (κ2) is 6.71. The van der Waals surface area contributed by atoms with Crippen molar-refractivity contribution in [2.45, 2.75) is 43.0 Å². The summed E-state index contributed by atoms with van der Waals surface area (Å²) in [4.78, 5) is 12.3. The monoisotopic (exact) mass is 392 g/mol. The highest BCUT2D eigenvalue weighted by atomic mass is 32.2. The van der Waals surface area contributed by atoms with Crippen LogP contribution in [0.2, 0.25) is 0 Å². The minimum absolute atomic E-state index is 0.00680. The fourth-order valence-electron chi connectivity index (χ4n) is 4.00. The molecule has 2 aliphatic rings. The number of hydrogen-bond donors (Lipinski definition) is 2. The van der Waals surface area contributed by atoms with Crippen LogP contribution < -0.4 is 10.0 Å². The van der Waals surface area contributed by atoms with Gasteiger partial charge < -0.3 is 0 Å². The van der Waals surface area contributed by atoms with Crippen LogP contribution in [0.4, 0.5) is 5.13 Å². The van der Waals surface area contributed by atoms with Crippen molar-refractivity contribution in [3.63, 3.8) is 0 Å². The largest absolute Gasteiger partial charge is 0.296 e. The fraction of sp³-hybridized carbons (Fsp3) is 0.471. The van der Waals surface area contributed by atoms with E-state index in [1.807, 2.05) is 19.1 Å². The van der Waals surface area contributed by atoms with E-state index in [-0.39, 0.29) is 21.4 Å². The van der Waals surface area contributed by atoms with E-state index in [1.165, 1.54) is 6.42 Å². The molecule has 1 heterocycles. The van der Waals surface area contributed by atoms with Crippen LogP contribution in [0.5, 0.6) is 0 Å². The first-order valence-electron chi connectivity index (χ1n) is 8.65. The molecule has 2 saturated carbocycles. The van der Waals surface area contributed by atoms with Gasteiger partial charge in [-0.2, -0.15) is 0 Å². The average Bonchev–Trinajstić information content (AvgIpc) is 3.31. The van der Waals surface area contributed by atoms with E-state index >= 15 is 0 Å². The minimum atomic E-state index is -3.71. The number of carbonyl (C=O) groups excluding carboxylic acids is 1. The quantitative estimate of drug-likeness (QED) is 0.762. The topological polar surface area (TPSA) is 101 Å². The van der Waals surface area contributed by atoms with E-state index in [0.29, 0.717) is 17.4 Å². The molecule has 1 aromatic carbocycles. The van der Waals surface area contributed by atoms with E-state index in [2.05, 4.69) is 20.2 Å². The molecule has 2 N–H and O–H groups in total. The first kappa shape index (κ1) is 17.6. The number of hydrogen-bond acceptors (Lipinski definition) is 6. The van der Waals surface area contributed by atoms with Gasteiger partial charge in [-0.3, -0.25) is 10.1 Å². The zero-order valence-electron chi connectivity index (χ0n) is 14.3. The Hall–Kier alpha value is -1.84. The molecule has 0 aliphatic heterocycles. The van der Waals surface area contributed by atoms with Crippen LogP contribution in [0.15, 0.2) is 28.6 Å². The second-order valence-electron chi connectivity index (χ2n) is 7.04. The Morgan fingerprint density at radius 3 is 2.69 bits per heavy atom. The summed E-state index contributed by atoms with van der Waals surface area (Å²) in [5.74, 6) is 0.748. The van der Waals surface area contributed by atoms with E-state index in [0.717, 1.165) is 36.2 Å². The van der Waals surface area contributed by atoms with Crippen LogP contribution in [-0.2, 0) is 10.0 Å². The van der Waals surface area contributed by atoms with Gasteiger partial charge in [-0.25, -0.2) is 13.1 Å². The molecule has 0 saturated heterocycles. The first-order valence-corrected chi connectivity index (χ1v) is 10.9. The Labute approximate surface area is 156 Å². The maximum atomic E-state index is 12.6. The van der Waals surface area contributed by atoms with Crippen molar-refractivity contribution >= 4 is 32.4 Å². The number of amides is 1. The van der Waals surface area contributed by atoms with Crippen molar-refractivity contribution in [3.8, 4) is 0 Å². The summed E-state index contributed by atoms with van der Waals surface area (Å²) in [6.07, 6.45) is 4.31. The van der Waals surface area contributed by atoms with Gasteiger partial charge in [0.05, 0.1) is 0 Å². The lowest BCUT2D eigenvalue weighted by Gasteiger charge is -2.21. The number of fused-ring (bicyclic) bond motifs is 2. The third-order valence-electron chi connectivity index (χ3n) is 5.29. The Morgan fingerprint density at radius 2 is 2.00 bits per heavy atom. The van der Waals surface area contributed by atoms with Gasteiger partial charge in [-0.15, -0.1) is 10.2 Å². The molecular weight excluding hydrogens is 372 g/mol. The van der Waals surface area contributed by atoms with Crippen LogP contribution in [0.3, 0.4) is 0 Å². The van der Waals surface area contributed by atoms with Gasteiger partial charge >= 0.3 is 0 Å². The molecule has 9 heteroatoms. The normalized spacial score (nSPS) is 24.7. The van der Waals surface area contributed by atoms with Crippen molar-refractivity contribution in [1.82, 2.24) is 14.9 Å². The number of rotatable bonds is 5. The van der Waals surface area contributed by atoms with Crippen LogP contribution in [-0.4, -0.2) is 30.6 Å². The number of aromatic nitrogens is 2. The van der Waals surface area contributed by atoms with Crippen molar-refractivity contribution < 1.29 is 13.2 Å². The van der Waals surface area contributed by atoms with Crippen molar-refractivity contribution in [2.24, 2.45) is 11.8 Å². The van der Waals surface area contributed by atoms with Gasteiger partial charge in [0.1, 0.15) is 0 Å². The summed E-state index contributed by atoms with van der Waals surface area (Å²) in [5, 5.41) is 10.4. The summed E-state index contributed by atoms with van der Waals surface area (Å²) in [7, 11) is -3.71. The molecule has 0 spiro atoms. The maximum Gasteiger partial charge on any atom is 0.270 e. The van der Waals surface area contributed by atoms with Crippen LogP contribution >= 0.6 is 11.3 Å². The van der Waals surface area contributed by atoms with Gasteiger partial charge in [-0.1, -0.05) is 36.0 Å². The van der Waals surface area contributed by atoms with Crippen molar-refractivity contribution in [1.29, 1.82) is 0 Å². The van der Waals surface area contributed by atoms with E-state index in [4.69, 9.17) is 0 Å². The third kappa shape index (κ3) is 3.38. The standard InChI is InChI=1S/C17H20N4O3S2/c1-10-4-2-3-5-13(10)15(22)18-16-19-20-17(25-16)26(23,24)21-14-9-11-6-7-12(14)8-11/h2-5,11-12,14,21H,6-9H2,1H3,(H,18,19,22)/t11-,12-,14-/m0/s1. The van der Waals surface area contributed by atoms with E-state index in [9.17, 15) is 13.2 Å². The molecular formula is C17H20N4O3S2. The number of nitrogens with zero attached hydrogens (tertiary/aromatic N) is 2. The molecule has 7 nitrogen and oxygen atoms in total. The Balaban J connectivity index is 1.45. The Morgan fingerprint density at radius 1 is 1.19 bits per heavy atom. The molecule has 26 heavy (non-hydrogen) atoms.